The quantitative estimate of drug-likeness (QED) is 0.312. The van der Waals surface area contributed by atoms with Crippen molar-refractivity contribution in [1.82, 2.24) is 5.32 Å². The Hall–Kier alpha value is -2.84. The van der Waals surface area contributed by atoms with Gasteiger partial charge in [-0.1, -0.05) is 29.8 Å². The lowest BCUT2D eigenvalue weighted by Crippen LogP contribution is -2.22. The summed E-state index contributed by atoms with van der Waals surface area (Å²) >= 11 is 0. The first-order chi connectivity index (χ1) is 13.1. The molecule has 2 aromatic carbocycles. The van der Waals surface area contributed by atoms with Crippen molar-refractivity contribution < 1.29 is 24.1 Å². The van der Waals surface area contributed by atoms with Crippen LogP contribution >= 0.6 is 0 Å². The molecule has 0 saturated carbocycles. The van der Waals surface area contributed by atoms with Gasteiger partial charge in [0.05, 0.1) is 19.8 Å². The van der Waals surface area contributed by atoms with Crippen LogP contribution < -0.4 is 15.8 Å². The molecule has 0 spiro atoms. The van der Waals surface area contributed by atoms with E-state index in [2.05, 4.69) is 5.32 Å². The second-order valence-corrected chi connectivity index (χ2v) is 5.84. The third-order valence-electron chi connectivity index (χ3n) is 3.83. The second-order valence-electron chi connectivity index (χ2n) is 5.84. The highest BCUT2D eigenvalue weighted by Gasteiger charge is 2.06. The Bertz CT molecular complexity index is 735. The standard InChI is InChI=1S/C19H23BN2O5/c21-13-27-20-11-14-1-5-16(6-2-14)19(25)22-12-15-3-7-17(8-4-15)26-10-9-18(23)24/h1-8,20H,9-13,21H2,(H,22,25)(H,23,24). The molecule has 2 aromatic rings. The Morgan fingerprint density at radius 2 is 1.70 bits per heavy atom. The number of hydrogen-bond donors (Lipinski definition) is 3. The first kappa shape index (κ1) is 20.5. The molecule has 0 fully saturated rings. The minimum absolute atomic E-state index is 0.0450. The molecular formula is C19H23BN2O5. The van der Waals surface area contributed by atoms with E-state index in [-0.39, 0.29) is 25.7 Å². The molecule has 8 heteroatoms. The van der Waals surface area contributed by atoms with Crippen molar-refractivity contribution in [2.24, 2.45) is 5.73 Å². The zero-order valence-electron chi connectivity index (χ0n) is 15.0. The fraction of sp³-hybridized carbons (Fsp3) is 0.263. The first-order valence-electron chi connectivity index (χ1n) is 8.67. The van der Waals surface area contributed by atoms with Gasteiger partial charge in [-0.3, -0.25) is 9.59 Å². The van der Waals surface area contributed by atoms with Crippen LogP contribution in [0.5, 0.6) is 5.75 Å². The third kappa shape index (κ3) is 7.51. The average Bonchev–Trinajstić information content (AvgIpc) is 2.67. The average molecular weight is 370 g/mol. The highest BCUT2D eigenvalue weighted by molar-refractivity contribution is 6.26. The number of carboxylic acids is 1. The maximum atomic E-state index is 12.2. The van der Waals surface area contributed by atoms with E-state index in [9.17, 15) is 9.59 Å². The van der Waals surface area contributed by atoms with E-state index in [4.69, 9.17) is 20.2 Å². The van der Waals surface area contributed by atoms with E-state index in [0.717, 1.165) is 17.4 Å². The molecule has 0 heterocycles. The van der Waals surface area contributed by atoms with Gasteiger partial charge in [-0.15, -0.1) is 0 Å². The van der Waals surface area contributed by atoms with Crippen LogP contribution in [-0.4, -0.2) is 37.8 Å². The van der Waals surface area contributed by atoms with Crippen molar-refractivity contribution in [2.45, 2.75) is 19.3 Å². The maximum absolute atomic E-state index is 12.2. The summed E-state index contributed by atoms with van der Waals surface area (Å²) in [6, 6.07) is 14.5. The molecule has 27 heavy (non-hydrogen) atoms. The van der Waals surface area contributed by atoms with Crippen LogP contribution in [0.4, 0.5) is 0 Å². The number of amides is 1. The van der Waals surface area contributed by atoms with E-state index in [1.807, 2.05) is 24.3 Å². The SMILES string of the molecule is NCOBCc1ccc(C(=O)NCc2ccc(OCCC(=O)O)cc2)cc1. The molecule has 7 nitrogen and oxygen atoms in total. The number of nitrogens with one attached hydrogen (secondary N) is 1. The fourth-order valence-corrected chi connectivity index (χ4v) is 2.34. The van der Waals surface area contributed by atoms with Gasteiger partial charge >= 0.3 is 5.97 Å². The predicted octanol–water partition coefficient (Wildman–Crippen LogP) is 1.25. The molecule has 2 rings (SSSR count). The number of hydrogen-bond acceptors (Lipinski definition) is 5. The summed E-state index contributed by atoms with van der Waals surface area (Å²) in [5, 5.41) is 11.5. The van der Waals surface area contributed by atoms with Crippen molar-refractivity contribution >= 4 is 19.4 Å². The maximum Gasteiger partial charge on any atom is 0.306 e. The lowest BCUT2D eigenvalue weighted by Gasteiger charge is -2.08. The molecule has 0 aromatic heterocycles. The molecule has 0 bridgehead atoms. The number of ether oxygens (including phenoxy) is 1. The monoisotopic (exact) mass is 370 g/mol. The molecule has 0 saturated heterocycles. The topological polar surface area (TPSA) is 111 Å². The van der Waals surface area contributed by atoms with Gasteiger partial charge in [0.15, 0.2) is 0 Å². The number of aliphatic carboxylic acids is 1. The van der Waals surface area contributed by atoms with Crippen molar-refractivity contribution in [3.05, 3.63) is 65.2 Å². The highest BCUT2D eigenvalue weighted by Crippen LogP contribution is 2.13. The molecule has 0 aliphatic heterocycles. The molecule has 0 radical (unpaired) electrons. The van der Waals surface area contributed by atoms with E-state index in [1.54, 1.807) is 24.3 Å². The van der Waals surface area contributed by atoms with Gasteiger partial charge < -0.3 is 25.5 Å². The van der Waals surface area contributed by atoms with Crippen LogP contribution in [0.15, 0.2) is 48.5 Å². The minimum Gasteiger partial charge on any atom is -0.493 e. The predicted molar refractivity (Wildman–Crippen MR) is 103 cm³/mol. The molecule has 0 aliphatic rings. The van der Waals surface area contributed by atoms with Gasteiger partial charge in [-0.25, -0.2) is 0 Å². The number of benzene rings is 2. The van der Waals surface area contributed by atoms with Crippen LogP contribution in [-0.2, 0) is 22.3 Å². The van der Waals surface area contributed by atoms with Gasteiger partial charge in [-0.05, 0) is 36.1 Å². The van der Waals surface area contributed by atoms with Gasteiger partial charge in [-0.2, -0.15) is 0 Å². The molecule has 0 aliphatic carbocycles. The van der Waals surface area contributed by atoms with Crippen LogP contribution in [0.2, 0.25) is 0 Å². The van der Waals surface area contributed by atoms with Gasteiger partial charge in [0, 0.05) is 12.1 Å². The Labute approximate surface area is 158 Å². The van der Waals surface area contributed by atoms with Crippen molar-refractivity contribution in [2.75, 3.05) is 13.3 Å². The number of carboxylic acid groups (broad SMARTS) is 1. The van der Waals surface area contributed by atoms with E-state index >= 15 is 0 Å². The van der Waals surface area contributed by atoms with Crippen LogP contribution in [0.1, 0.15) is 27.9 Å². The molecule has 1 amide bonds. The lowest BCUT2D eigenvalue weighted by molar-refractivity contribution is -0.137. The summed E-state index contributed by atoms with van der Waals surface area (Å²) in [6.45, 7) is 0.718. The van der Waals surface area contributed by atoms with Crippen molar-refractivity contribution in [1.29, 1.82) is 0 Å². The van der Waals surface area contributed by atoms with Crippen molar-refractivity contribution in [3.63, 3.8) is 0 Å². The minimum atomic E-state index is -0.897. The number of nitrogens with two attached hydrogens (primary N) is 1. The summed E-state index contributed by atoms with van der Waals surface area (Å²) < 4.78 is 10.4. The summed E-state index contributed by atoms with van der Waals surface area (Å²) in [5.41, 5.74) is 7.87. The molecule has 4 N–H and O–H groups in total. The van der Waals surface area contributed by atoms with E-state index in [1.165, 1.54) is 0 Å². The normalized spacial score (nSPS) is 10.3. The van der Waals surface area contributed by atoms with Crippen molar-refractivity contribution in [3.8, 4) is 5.75 Å². The van der Waals surface area contributed by atoms with E-state index in [0.29, 0.717) is 25.3 Å². The van der Waals surface area contributed by atoms with Crippen LogP contribution in [0.25, 0.3) is 0 Å². The highest BCUT2D eigenvalue weighted by atomic mass is 16.5. The largest absolute Gasteiger partial charge is 0.493 e. The van der Waals surface area contributed by atoms with Crippen LogP contribution in [0, 0.1) is 0 Å². The van der Waals surface area contributed by atoms with Gasteiger partial charge in [0.1, 0.15) is 5.75 Å². The fourth-order valence-electron chi connectivity index (χ4n) is 2.34. The lowest BCUT2D eigenvalue weighted by atomic mass is 9.89. The first-order valence-corrected chi connectivity index (χ1v) is 8.67. The molecular weight excluding hydrogens is 347 g/mol. The Morgan fingerprint density at radius 3 is 2.33 bits per heavy atom. The smallest absolute Gasteiger partial charge is 0.306 e. The Kier molecular flexibility index (Phi) is 8.34. The summed E-state index contributed by atoms with van der Waals surface area (Å²) in [7, 11) is 0.554. The summed E-state index contributed by atoms with van der Waals surface area (Å²) in [4.78, 5) is 22.7. The zero-order valence-corrected chi connectivity index (χ0v) is 15.0. The number of carbonyl (C=O) groups is 2. The summed E-state index contributed by atoms with van der Waals surface area (Å²) in [6.07, 6.45) is 0.705. The van der Waals surface area contributed by atoms with Gasteiger partial charge in [0.25, 0.3) is 13.4 Å². The number of rotatable bonds is 11. The molecule has 142 valence electrons. The van der Waals surface area contributed by atoms with Crippen LogP contribution in [0.3, 0.4) is 0 Å². The molecule has 0 unspecified atom stereocenters. The summed E-state index contributed by atoms with van der Waals surface area (Å²) in [5.74, 6) is -0.451. The Balaban J connectivity index is 1.78. The van der Waals surface area contributed by atoms with Gasteiger partial charge in [0.2, 0.25) is 0 Å². The zero-order chi connectivity index (χ0) is 19.5. The second kappa shape index (κ2) is 11.0. The number of carbonyl (C=O) groups excluding carboxylic acids is 1. The third-order valence-corrected chi connectivity index (χ3v) is 3.83. The molecule has 0 atom stereocenters. The van der Waals surface area contributed by atoms with E-state index < -0.39 is 5.97 Å². The Morgan fingerprint density at radius 1 is 1.04 bits per heavy atom.